The predicted molar refractivity (Wildman–Crippen MR) is 132 cm³/mol. The number of benzene rings is 1. The molecule has 8 heteroatoms. The van der Waals surface area contributed by atoms with E-state index in [1.807, 2.05) is 0 Å². The number of ketones is 2. The van der Waals surface area contributed by atoms with Crippen LogP contribution in [0.2, 0.25) is 0 Å². The molecule has 0 aliphatic heterocycles. The van der Waals surface area contributed by atoms with Gasteiger partial charge >= 0.3 is 0 Å². The molecule has 1 aromatic rings. The highest BCUT2D eigenvalue weighted by atomic mass is 16.5. The highest BCUT2D eigenvalue weighted by Crippen LogP contribution is 2.23. The van der Waals surface area contributed by atoms with Gasteiger partial charge in [0, 0.05) is 31.7 Å². The second-order valence-corrected chi connectivity index (χ2v) is 9.24. The van der Waals surface area contributed by atoms with E-state index < -0.39 is 11.8 Å². The molecule has 0 radical (unpaired) electrons. The number of Topliss-reactive ketones (excluding diaryl/α,β-unsaturated/α-hetero) is 2. The molecule has 1 unspecified atom stereocenters. The van der Waals surface area contributed by atoms with Crippen LogP contribution in [0.15, 0.2) is 24.3 Å². The van der Waals surface area contributed by atoms with Gasteiger partial charge in [-0.05, 0) is 56.0 Å². The van der Waals surface area contributed by atoms with E-state index in [2.05, 4.69) is 29.8 Å². The van der Waals surface area contributed by atoms with Crippen molar-refractivity contribution in [2.24, 2.45) is 11.8 Å². The van der Waals surface area contributed by atoms with Gasteiger partial charge in [-0.25, -0.2) is 0 Å². The molecule has 1 aliphatic carbocycles. The molecule has 1 fully saturated rings. The normalized spacial score (nSPS) is 15.9. The highest BCUT2D eigenvalue weighted by molar-refractivity contribution is 6.04. The number of rotatable bonds is 15. The summed E-state index contributed by atoms with van der Waals surface area (Å²) in [6, 6.07) is 6.92. The lowest BCUT2D eigenvalue weighted by atomic mass is 9.83. The van der Waals surface area contributed by atoms with Gasteiger partial charge in [-0.1, -0.05) is 32.4 Å². The summed E-state index contributed by atoms with van der Waals surface area (Å²) in [5, 5.41) is 8.70. The van der Waals surface area contributed by atoms with Crippen LogP contribution in [0.1, 0.15) is 57.9 Å². The van der Waals surface area contributed by atoms with Gasteiger partial charge < -0.3 is 20.7 Å². The van der Waals surface area contributed by atoms with Crippen LogP contribution in [0.3, 0.4) is 0 Å². The van der Waals surface area contributed by atoms with Gasteiger partial charge in [0.25, 0.3) is 0 Å². The van der Waals surface area contributed by atoms with E-state index in [4.69, 9.17) is 4.74 Å². The van der Waals surface area contributed by atoms with Crippen molar-refractivity contribution in [1.82, 2.24) is 10.6 Å². The standard InChI is InChI=1S/C26H39N3O5/c1-19(2)18-27-12-5-14-34-15-13-28-25(32)17-26(33)29-21-10-8-20(9-11-21)16-24(31)22-6-3-4-7-23(22)30/h8-11,19,22,27H,3-7,12-18H2,1-2H3,(H,28,32)(H,29,33). The third kappa shape index (κ3) is 11.0. The third-order valence-corrected chi connectivity index (χ3v) is 5.64. The summed E-state index contributed by atoms with van der Waals surface area (Å²) >= 11 is 0. The minimum absolute atomic E-state index is 0.0371. The first kappa shape index (κ1) is 27.7. The maximum atomic E-state index is 12.4. The molecule has 34 heavy (non-hydrogen) atoms. The van der Waals surface area contributed by atoms with Crippen LogP contribution in [0.5, 0.6) is 0 Å². The number of ether oxygens (including phenoxy) is 1. The molecule has 0 heterocycles. The lowest BCUT2D eigenvalue weighted by Gasteiger charge is -2.19. The van der Waals surface area contributed by atoms with Crippen molar-refractivity contribution in [1.29, 1.82) is 0 Å². The van der Waals surface area contributed by atoms with Crippen molar-refractivity contribution in [3.8, 4) is 0 Å². The summed E-state index contributed by atoms with van der Waals surface area (Å²) in [5.41, 5.74) is 1.35. The molecule has 8 nitrogen and oxygen atoms in total. The summed E-state index contributed by atoms with van der Waals surface area (Å²) in [6.45, 7) is 7.61. The van der Waals surface area contributed by atoms with E-state index in [0.29, 0.717) is 44.2 Å². The van der Waals surface area contributed by atoms with Crippen molar-refractivity contribution in [2.45, 2.75) is 58.8 Å². The first-order chi connectivity index (χ1) is 16.3. The van der Waals surface area contributed by atoms with Crippen molar-refractivity contribution in [2.75, 3.05) is 38.2 Å². The molecule has 2 rings (SSSR count). The van der Waals surface area contributed by atoms with E-state index in [1.165, 1.54) is 0 Å². The zero-order valence-electron chi connectivity index (χ0n) is 20.5. The molecular formula is C26H39N3O5. The molecule has 1 atom stereocenters. The zero-order valence-corrected chi connectivity index (χ0v) is 20.5. The fraction of sp³-hybridized carbons (Fsp3) is 0.615. The molecule has 0 aromatic heterocycles. The average Bonchev–Trinajstić information content (AvgIpc) is 2.79. The smallest absolute Gasteiger partial charge is 0.233 e. The van der Waals surface area contributed by atoms with Gasteiger partial charge in [-0.15, -0.1) is 0 Å². The van der Waals surface area contributed by atoms with Crippen LogP contribution in [0, 0.1) is 11.8 Å². The Hall–Kier alpha value is -2.58. The summed E-state index contributed by atoms with van der Waals surface area (Å²) < 4.78 is 5.48. The SMILES string of the molecule is CC(C)CNCCCOCCNC(=O)CC(=O)Nc1ccc(CC(=O)C2CCCCC2=O)cc1. The van der Waals surface area contributed by atoms with Crippen LogP contribution in [-0.4, -0.2) is 56.2 Å². The van der Waals surface area contributed by atoms with Gasteiger partial charge in [0.15, 0.2) is 0 Å². The zero-order chi connectivity index (χ0) is 24.8. The van der Waals surface area contributed by atoms with Gasteiger partial charge in [0.05, 0.1) is 12.5 Å². The summed E-state index contributed by atoms with van der Waals surface area (Å²) in [6.07, 6.45) is 3.79. The maximum absolute atomic E-state index is 12.4. The van der Waals surface area contributed by atoms with Crippen molar-refractivity contribution >= 4 is 29.1 Å². The van der Waals surface area contributed by atoms with E-state index in [1.54, 1.807) is 24.3 Å². The Bertz CT molecular complexity index is 807. The van der Waals surface area contributed by atoms with Crippen LogP contribution in [-0.2, 0) is 30.3 Å². The molecule has 188 valence electrons. The van der Waals surface area contributed by atoms with E-state index in [0.717, 1.165) is 37.9 Å². The second-order valence-electron chi connectivity index (χ2n) is 9.24. The minimum atomic E-state index is -0.469. The molecule has 1 aromatic carbocycles. The molecule has 0 saturated heterocycles. The second kappa shape index (κ2) is 15.3. The Morgan fingerprint density at radius 1 is 1.03 bits per heavy atom. The molecule has 0 spiro atoms. The molecular weight excluding hydrogens is 434 g/mol. The molecule has 1 saturated carbocycles. The number of nitrogens with one attached hydrogen (secondary N) is 3. The third-order valence-electron chi connectivity index (χ3n) is 5.64. The van der Waals surface area contributed by atoms with E-state index in [9.17, 15) is 19.2 Å². The lowest BCUT2D eigenvalue weighted by Crippen LogP contribution is -2.31. The molecule has 0 bridgehead atoms. The first-order valence-corrected chi connectivity index (χ1v) is 12.3. The number of hydrogen-bond acceptors (Lipinski definition) is 6. The van der Waals surface area contributed by atoms with Crippen LogP contribution in [0.25, 0.3) is 0 Å². The topological polar surface area (TPSA) is 114 Å². The maximum Gasteiger partial charge on any atom is 0.233 e. The predicted octanol–water partition coefficient (Wildman–Crippen LogP) is 2.65. The number of amides is 2. The Morgan fingerprint density at radius 3 is 2.50 bits per heavy atom. The van der Waals surface area contributed by atoms with Crippen molar-refractivity contribution in [3.63, 3.8) is 0 Å². The lowest BCUT2D eigenvalue weighted by molar-refractivity contribution is -0.134. The van der Waals surface area contributed by atoms with Gasteiger partial charge in [0.1, 0.15) is 18.0 Å². The highest BCUT2D eigenvalue weighted by Gasteiger charge is 2.28. The quantitative estimate of drug-likeness (QED) is 0.267. The fourth-order valence-electron chi connectivity index (χ4n) is 3.82. The Balaban J connectivity index is 1.59. The molecule has 2 amide bonds. The monoisotopic (exact) mass is 473 g/mol. The molecule has 1 aliphatic rings. The number of carbonyl (C=O) groups is 4. The fourth-order valence-corrected chi connectivity index (χ4v) is 3.82. The number of hydrogen-bond donors (Lipinski definition) is 3. The Kier molecular flexibility index (Phi) is 12.5. The Morgan fingerprint density at radius 2 is 1.79 bits per heavy atom. The molecule has 3 N–H and O–H groups in total. The summed E-state index contributed by atoms with van der Waals surface area (Å²) in [7, 11) is 0. The number of carbonyl (C=O) groups excluding carboxylic acids is 4. The summed E-state index contributed by atoms with van der Waals surface area (Å²) in [4.78, 5) is 48.4. The van der Waals surface area contributed by atoms with Crippen LogP contribution < -0.4 is 16.0 Å². The van der Waals surface area contributed by atoms with Crippen LogP contribution >= 0.6 is 0 Å². The largest absolute Gasteiger partial charge is 0.380 e. The average molecular weight is 474 g/mol. The Labute approximate surface area is 202 Å². The van der Waals surface area contributed by atoms with E-state index >= 15 is 0 Å². The van der Waals surface area contributed by atoms with Gasteiger partial charge in [0.2, 0.25) is 11.8 Å². The van der Waals surface area contributed by atoms with Gasteiger partial charge in [-0.3, -0.25) is 19.2 Å². The van der Waals surface area contributed by atoms with Crippen molar-refractivity contribution in [3.05, 3.63) is 29.8 Å². The van der Waals surface area contributed by atoms with Crippen LogP contribution in [0.4, 0.5) is 5.69 Å². The minimum Gasteiger partial charge on any atom is -0.380 e. The summed E-state index contributed by atoms with van der Waals surface area (Å²) in [5.74, 6) is -0.596. The van der Waals surface area contributed by atoms with Gasteiger partial charge in [-0.2, -0.15) is 0 Å². The van der Waals surface area contributed by atoms with Crippen molar-refractivity contribution < 1.29 is 23.9 Å². The first-order valence-electron chi connectivity index (χ1n) is 12.3. The van der Waals surface area contributed by atoms with E-state index in [-0.39, 0.29) is 30.3 Å². The number of anilines is 1.